The molecule has 0 fully saturated rings. The molecule has 0 heterocycles. The molecular weight excluding hydrogens is 148 g/mol. The number of nitrogens with two attached hydrogens (primary N) is 2. The van der Waals surface area contributed by atoms with Gasteiger partial charge in [-0.05, 0) is 13.8 Å². The molecule has 64 valence electrons. The molecule has 5 nitrogen and oxygen atoms in total. The summed E-state index contributed by atoms with van der Waals surface area (Å²) in [6, 6.07) is -1.59. The van der Waals surface area contributed by atoms with E-state index in [4.69, 9.17) is 11.5 Å². The monoisotopic (exact) mass is 160 g/mol. The van der Waals surface area contributed by atoms with Gasteiger partial charge < -0.3 is 16.2 Å². The number of hydrogen-bond donors (Lipinski definition) is 2. The molecule has 0 radical (unpaired) electrons. The lowest BCUT2D eigenvalue weighted by Crippen LogP contribution is -2.36. The molecule has 0 amide bonds. The Bertz CT molecular complexity index is 147. The van der Waals surface area contributed by atoms with Gasteiger partial charge in [0.15, 0.2) is 0 Å². The Kier molecular flexibility index (Phi) is 3.70. The second-order valence-electron chi connectivity index (χ2n) is 2.32. The molecule has 0 saturated heterocycles. The number of esters is 2. The van der Waals surface area contributed by atoms with Gasteiger partial charge in [0, 0.05) is 0 Å². The van der Waals surface area contributed by atoms with E-state index in [0.717, 1.165) is 0 Å². The lowest BCUT2D eigenvalue weighted by atomic mass is 10.3. The number of hydrogen-bond acceptors (Lipinski definition) is 5. The molecule has 5 heteroatoms. The van der Waals surface area contributed by atoms with Crippen LogP contribution in [0.2, 0.25) is 0 Å². The highest BCUT2D eigenvalue weighted by Crippen LogP contribution is 1.88. The fraction of sp³-hybridized carbons (Fsp3) is 0.667. The normalized spacial score (nSPS) is 15.3. The van der Waals surface area contributed by atoms with E-state index in [9.17, 15) is 9.59 Å². The zero-order chi connectivity index (χ0) is 9.02. The fourth-order valence-electron chi connectivity index (χ4n) is 0.285. The third-order valence-electron chi connectivity index (χ3n) is 0.945. The second-order valence-corrected chi connectivity index (χ2v) is 2.32. The highest BCUT2D eigenvalue weighted by Gasteiger charge is 2.16. The van der Waals surface area contributed by atoms with Crippen LogP contribution in [0.5, 0.6) is 0 Å². The van der Waals surface area contributed by atoms with Crippen LogP contribution >= 0.6 is 0 Å². The molecule has 11 heavy (non-hydrogen) atoms. The van der Waals surface area contributed by atoms with Gasteiger partial charge in [0.05, 0.1) is 0 Å². The molecule has 0 aliphatic carbocycles. The summed E-state index contributed by atoms with van der Waals surface area (Å²) >= 11 is 0. The van der Waals surface area contributed by atoms with E-state index >= 15 is 0 Å². The van der Waals surface area contributed by atoms with Gasteiger partial charge in [0.25, 0.3) is 0 Å². The van der Waals surface area contributed by atoms with Crippen molar-refractivity contribution < 1.29 is 14.3 Å². The summed E-state index contributed by atoms with van der Waals surface area (Å²) in [6.45, 7) is 2.85. The van der Waals surface area contributed by atoms with Crippen LogP contribution in [0, 0.1) is 0 Å². The number of rotatable bonds is 2. The maximum Gasteiger partial charge on any atom is 0.330 e. The van der Waals surface area contributed by atoms with Gasteiger partial charge in [-0.1, -0.05) is 0 Å². The predicted molar refractivity (Wildman–Crippen MR) is 38.4 cm³/mol. The molecule has 4 N–H and O–H groups in total. The first kappa shape index (κ1) is 10.1. The largest absolute Gasteiger partial charge is 0.391 e. The van der Waals surface area contributed by atoms with Gasteiger partial charge in [-0.15, -0.1) is 0 Å². The standard InChI is InChI=1S/C6H12N2O3/c1-3(7)5(9)11-6(10)4(2)8/h3-4H,7-8H2,1-2H3/t3-,4-/m0/s1. The summed E-state index contributed by atoms with van der Waals surface area (Å²) in [5, 5.41) is 0. The molecule has 0 saturated carbocycles. The summed E-state index contributed by atoms with van der Waals surface area (Å²) in [4.78, 5) is 21.3. The summed E-state index contributed by atoms with van der Waals surface area (Å²) in [6.07, 6.45) is 0. The first-order chi connectivity index (χ1) is 4.95. The van der Waals surface area contributed by atoms with Gasteiger partial charge in [-0.3, -0.25) is 0 Å². The summed E-state index contributed by atoms with van der Waals surface area (Å²) in [5.41, 5.74) is 10.2. The maximum atomic E-state index is 10.6. The van der Waals surface area contributed by atoms with Crippen LogP contribution in [0.25, 0.3) is 0 Å². The Labute approximate surface area is 64.7 Å². The van der Waals surface area contributed by atoms with Crippen molar-refractivity contribution in [2.45, 2.75) is 25.9 Å². The predicted octanol–water partition coefficient (Wildman–Crippen LogP) is -1.25. The molecule has 0 aliphatic heterocycles. The second kappa shape index (κ2) is 4.05. The Hall–Kier alpha value is -0.940. The van der Waals surface area contributed by atoms with Crippen molar-refractivity contribution in [3.05, 3.63) is 0 Å². The highest BCUT2D eigenvalue weighted by molar-refractivity contribution is 5.90. The topological polar surface area (TPSA) is 95.4 Å². The third-order valence-corrected chi connectivity index (χ3v) is 0.945. The molecule has 0 spiro atoms. The molecule has 2 atom stereocenters. The molecule has 0 unspecified atom stereocenters. The van der Waals surface area contributed by atoms with Crippen molar-refractivity contribution in [1.29, 1.82) is 0 Å². The zero-order valence-corrected chi connectivity index (χ0v) is 6.53. The van der Waals surface area contributed by atoms with Crippen molar-refractivity contribution in [2.24, 2.45) is 11.5 Å². The highest BCUT2D eigenvalue weighted by atomic mass is 16.6. The Morgan fingerprint density at radius 1 is 1.09 bits per heavy atom. The van der Waals surface area contributed by atoms with Crippen LogP contribution in [0.15, 0.2) is 0 Å². The van der Waals surface area contributed by atoms with E-state index in [1.807, 2.05) is 0 Å². The van der Waals surface area contributed by atoms with Crippen LogP contribution in [-0.2, 0) is 14.3 Å². The molecule has 0 bridgehead atoms. The van der Waals surface area contributed by atoms with Gasteiger partial charge in [-0.2, -0.15) is 0 Å². The quantitative estimate of drug-likeness (QED) is 0.388. The van der Waals surface area contributed by atoms with Gasteiger partial charge in [-0.25, -0.2) is 9.59 Å². The summed E-state index contributed by atoms with van der Waals surface area (Å²) in [7, 11) is 0. The van der Waals surface area contributed by atoms with Crippen LogP contribution in [0.1, 0.15) is 13.8 Å². The molecular formula is C6H12N2O3. The first-order valence-corrected chi connectivity index (χ1v) is 3.22. The average molecular weight is 160 g/mol. The van der Waals surface area contributed by atoms with Crippen LogP contribution in [0.4, 0.5) is 0 Å². The molecule has 0 rings (SSSR count). The molecule has 0 aliphatic rings. The summed E-state index contributed by atoms with van der Waals surface area (Å²) in [5.74, 6) is -1.51. The van der Waals surface area contributed by atoms with E-state index in [1.165, 1.54) is 13.8 Å². The minimum Gasteiger partial charge on any atom is -0.391 e. The van der Waals surface area contributed by atoms with Crippen LogP contribution in [0.3, 0.4) is 0 Å². The maximum absolute atomic E-state index is 10.6. The van der Waals surface area contributed by atoms with E-state index in [0.29, 0.717) is 0 Å². The minimum atomic E-state index is -0.794. The molecule has 0 aromatic carbocycles. The number of carbonyl (C=O) groups excluding carboxylic acids is 2. The number of ether oxygens (including phenoxy) is 1. The van der Waals surface area contributed by atoms with E-state index in [2.05, 4.69) is 4.74 Å². The third kappa shape index (κ3) is 3.69. The summed E-state index contributed by atoms with van der Waals surface area (Å²) < 4.78 is 4.25. The Morgan fingerprint density at radius 2 is 1.36 bits per heavy atom. The van der Waals surface area contributed by atoms with Gasteiger partial charge >= 0.3 is 11.9 Å². The Morgan fingerprint density at radius 3 is 1.55 bits per heavy atom. The average Bonchev–Trinajstić information content (AvgIpc) is 1.87. The SMILES string of the molecule is C[C@H](N)C(=O)OC(=O)[C@H](C)N. The van der Waals surface area contributed by atoms with E-state index in [-0.39, 0.29) is 0 Å². The van der Waals surface area contributed by atoms with Crippen molar-refractivity contribution in [2.75, 3.05) is 0 Å². The van der Waals surface area contributed by atoms with Crippen LogP contribution < -0.4 is 11.5 Å². The van der Waals surface area contributed by atoms with Crippen molar-refractivity contribution in [3.63, 3.8) is 0 Å². The van der Waals surface area contributed by atoms with E-state index < -0.39 is 24.0 Å². The number of carbonyl (C=O) groups is 2. The lowest BCUT2D eigenvalue weighted by molar-refractivity contribution is -0.161. The zero-order valence-electron chi connectivity index (χ0n) is 6.53. The van der Waals surface area contributed by atoms with Gasteiger partial charge in [0.2, 0.25) is 0 Å². The van der Waals surface area contributed by atoms with Gasteiger partial charge in [0.1, 0.15) is 12.1 Å². The smallest absolute Gasteiger partial charge is 0.330 e. The Balaban J connectivity index is 3.86. The van der Waals surface area contributed by atoms with E-state index in [1.54, 1.807) is 0 Å². The minimum absolute atomic E-state index is 0.757. The molecule has 0 aromatic heterocycles. The van der Waals surface area contributed by atoms with Crippen molar-refractivity contribution in [3.8, 4) is 0 Å². The first-order valence-electron chi connectivity index (χ1n) is 3.22. The molecule has 0 aromatic rings. The van der Waals surface area contributed by atoms with Crippen molar-refractivity contribution in [1.82, 2.24) is 0 Å². The lowest BCUT2D eigenvalue weighted by Gasteiger charge is -2.06. The fourth-order valence-corrected chi connectivity index (χ4v) is 0.285. The van der Waals surface area contributed by atoms with Crippen LogP contribution in [-0.4, -0.2) is 24.0 Å². The van der Waals surface area contributed by atoms with Crippen molar-refractivity contribution >= 4 is 11.9 Å².